The Morgan fingerprint density at radius 2 is 1.88 bits per heavy atom. The largest absolute Gasteiger partial charge is 0.378 e. The fourth-order valence-electron chi connectivity index (χ4n) is 2.60. The van der Waals surface area contributed by atoms with E-state index in [1.165, 1.54) is 6.07 Å². The molecule has 126 valence electrons. The molecule has 0 unspecified atom stereocenters. The number of carbonyl (C=O) groups excluding carboxylic acids is 1. The highest BCUT2D eigenvalue weighted by Gasteiger charge is 2.15. The Morgan fingerprint density at radius 1 is 1.12 bits per heavy atom. The van der Waals surface area contributed by atoms with Crippen molar-refractivity contribution in [3.63, 3.8) is 0 Å². The third-order valence-electron chi connectivity index (χ3n) is 3.85. The van der Waals surface area contributed by atoms with Gasteiger partial charge >= 0.3 is 6.03 Å². The van der Waals surface area contributed by atoms with Crippen LogP contribution >= 0.6 is 0 Å². The second-order valence-electron chi connectivity index (χ2n) is 5.56. The van der Waals surface area contributed by atoms with Gasteiger partial charge in [-0.3, -0.25) is 0 Å². The van der Waals surface area contributed by atoms with Crippen LogP contribution in [0.5, 0.6) is 0 Å². The first-order valence-corrected chi connectivity index (χ1v) is 7.93. The van der Waals surface area contributed by atoms with E-state index in [-0.39, 0.29) is 11.8 Å². The van der Waals surface area contributed by atoms with Crippen molar-refractivity contribution in [2.75, 3.05) is 36.5 Å². The van der Waals surface area contributed by atoms with Crippen LogP contribution in [-0.4, -0.2) is 32.3 Å². The zero-order chi connectivity index (χ0) is 16.8. The number of anilines is 2. The first kappa shape index (κ1) is 16.3. The number of hydrogen-bond donors (Lipinski definition) is 2. The van der Waals surface area contributed by atoms with Gasteiger partial charge in [-0.15, -0.1) is 0 Å². The van der Waals surface area contributed by atoms with Crippen molar-refractivity contribution < 1.29 is 13.9 Å². The van der Waals surface area contributed by atoms with Crippen molar-refractivity contribution in [2.24, 2.45) is 0 Å². The summed E-state index contributed by atoms with van der Waals surface area (Å²) in [5.74, 6) is -0.349. The minimum Gasteiger partial charge on any atom is -0.378 e. The Labute approximate surface area is 140 Å². The van der Waals surface area contributed by atoms with E-state index in [1.54, 1.807) is 12.1 Å². The molecule has 2 aromatic carbocycles. The summed E-state index contributed by atoms with van der Waals surface area (Å²) in [6.07, 6.45) is 0. The number of nitrogens with one attached hydrogen (secondary N) is 2. The molecule has 1 aliphatic rings. The molecule has 0 aliphatic carbocycles. The predicted octanol–water partition coefficient (Wildman–Crippen LogP) is 2.98. The summed E-state index contributed by atoms with van der Waals surface area (Å²) in [5, 5.41) is 5.40. The highest BCUT2D eigenvalue weighted by molar-refractivity contribution is 5.89. The van der Waals surface area contributed by atoms with Gasteiger partial charge in [-0.2, -0.15) is 0 Å². The number of ether oxygens (including phenoxy) is 1. The van der Waals surface area contributed by atoms with Crippen LogP contribution < -0.4 is 15.5 Å². The Bertz CT molecular complexity index is 688. The molecule has 1 heterocycles. The van der Waals surface area contributed by atoms with Crippen molar-refractivity contribution in [2.45, 2.75) is 6.54 Å². The third-order valence-corrected chi connectivity index (χ3v) is 3.85. The fraction of sp³-hybridized carbons (Fsp3) is 0.278. The Morgan fingerprint density at radius 3 is 2.58 bits per heavy atom. The van der Waals surface area contributed by atoms with Crippen LogP contribution in [0.4, 0.5) is 20.6 Å². The van der Waals surface area contributed by atoms with Crippen LogP contribution in [0.3, 0.4) is 0 Å². The van der Waals surface area contributed by atoms with E-state index in [1.807, 2.05) is 35.2 Å². The molecule has 0 atom stereocenters. The molecule has 2 N–H and O–H groups in total. The topological polar surface area (TPSA) is 53.6 Å². The van der Waals surface area contributed by atoms with Crippen LogP contribution in [-0.2, 0) is 11.3 Å². The average molecular weight is 329 g/mol. The van der Waals surface area contributed by atoms with Gasteiger partial charge in [-0.05, 0) is 23.8 Å². The van der Waals surface area contributed by atoms with Crippen LogP contribution in [0.1, 0.15) is 5.56 Å². The van der Waals surface area contributed by atoms with E-state index in [0.29, 0.717) is 44.2 Å². The number of carbonyl (C=O) groups is 1. The van der Waals surface area contributed by atoms with E-state index in [2.05, 4.69) is 10.6 Å². The smallest absolute Gasteiger partial charge is 0.319 e. The number of rotatable bonds is 4. The monoisotopic (exact) mass is 329 g/mol. The van der Waals surface area contributed by atoms with Crippen molar-refractivity contribution >= 4 is 17.4 Å². The highest BCUT2D eigenvalue weighted by Crippen LogP contribution is 2.23. The number of amides is 2. The summed E-state index contributed by atoms with van der Waals surface area (Å²) in [7, 11) is 0. The van der Waals surface area contributed by atoms with Gasteiger partial charge in [0.1, 0.15) is 5.82 Å². The minimum atomic E-state index is -0.364. The van der Waals surface area contributed by atoms with Crippen LogP contribution in [0.2, 0.25) is 0 Å². The molecule has 24 heavy (non-hydrogen) atoms. The Balaban J connectivity index is 1.57. The molecule has 2 aromatic rings. The van der Waals surface area contributed by atoms with Gasteiger partial charge < -0.3 is 20.3 Å². The lowest BCUT2D eigenvalue weighted by Crippen LogP contribution is -2.36. The molecule has 3 rings (SSSR count). The maximum atomic E-state index is 14.3. The zero-order valence-corrected chi connectivity index (χ0v) is 13.3. The molecule has 2 amide bonds. The van der Waals surface area contributed by atoms with Crippen molar-refractivity contribution in [1.82, 2.24) is 5.32 Å². The van der Waals surface area contributed by atoms with Crippen LogP contribution in [0.15, 0.2) is 48.5 Å². The quantitative estimate of drug-likeness (QED) is 0.907. The van der Waals surface area contributed by atoms with Gasteiger partial charge in [0.15, 0.2) is 0 Å². The first-order valence-electron chi connectivity index (χ1n) is 7.93. The average Bonchev–Trinajstić information content (AvgIpc) is 2.62. The second-order valence-corrected chi connectivity index (χ2v) is 5.56. The number of nitrogens with zero attached hydrogens (tertiary/aromatic N) is 1. The van der Waals surface area contributed by atoms with Crippen molar-refractivity contribution in [3.05, 3.63) is 59.9 Å². The van der Waals surface area contributed by atoms with E-state index in [0.717, 1.165) is 5.56 Å². The Hall–Kier alpha value is -2.60. The third kappa shape index (κ3) is 4.23. The van der Waals surface area contributed by atoms with Gasteiger partial charge in [0.05, 0.1) is 18.9 Å². The van der Waals surface area contributed by atoms with Crippen molar-refractivity contribution in [1.29, 1.82) is 0 Å². The maximum absolute atomic E-state index is 14.3. The molecule has 1 fully saturated rings. The molecule has 0 saturated carbocycles. The summed E-state index contributed by atoms with van der Waals surface area (Å²) < 4.78 is 19.6. The number of urea groups is 1. The van der Waals surface area contributed by atoms with Gasteiger partial charge in [-0.1, -0.05) is 30.3 Å². The molecule has 0 aromatic heterocycles. The fourth-order valence-corrected chi connectivity index (χ4v) is 2.60. The number of hydrogen-bond acceptors (Lipinski definition) is 3. The van der Waals surface area contributed by atoms with Gasteiger partial charge in [0.25, 0.3) is 0 Å². The molecule has 6 heteroatoms. The molecule has 1 aliphatic heterocycles. The van der Waals surface area contributed by atoms with Gasteiger partial charge in [0.2, 0.25) is 0 Å². The number of morpholine rings is 1. The summed E-state index contributed by atoms with van der Waals surface area (Å²) in [4.78, 5) is 13.9. The second kappa shape index (κ2) is 7.79. The molecular weight excluding hydrogens is 309 g/mol. The highest BCUT2D eigenvalue weighted by atomic mass is 19.1. The summed E-state index contributed by atoms with van der Waals surface area (Å²) in [5.41, 5.74) is 1.96. The molecule has 1 saturated heterocycles. The van der Waals surface area contributed by atoms with E-state index in [9.17, 15) is 9.18 Å². The molecule has 0 bridgehead atoms. The van der Waals surface area contributed by atoms with Crippen LogP contribution in [0.25, 0.3) is 0 Å². The van der Waals surface area contributed by atoms with Gasteiger partial charge in [-0.25, -0.2) is 9.18 Å². The summed E-state index contributed by atoms with van der Waals surface area (Å²) >= 11 is 0. The van der Waals surface area contributed by atoms with E-state index in [4.69, 9.17) is 4.74 Å². The lowest BCUT2D eigenvalue weighted by Gasteiger charge is -2.29. The summed E-state index contributed by atoms with van der Waals surface area (Å²) in [6, 6.07) is 14.0. The number of benzene rings is 2. The SMILES string of the molecule is O=C(NCc1ccccc1)Nc1ccc(N2CCOCC2)c(F)c1. The lowest BCUT2D eigenvalue weighted by molar-refractivity contribution is 0.122. The normalized spacial score (nSPS) is 14.3. The van der Waals surface area contributed by atoms with Gasteiger partial charge in [0, 0.05) is 25.3 Å². The van der Waals surface area contributed by atoms with E-state index >= 15 is 0 Å². The minimum absolute atomic E-state index is 0.349. The predicted molar refractivity (Wildman–Crippen MR) is 91.7 cm³/mol. The maximum Gasteiger partial charge on any atom is 0.319 e. The van der Waals surface area contributed by atoms with Crippen molar-refractivity contribution in [3.8, 4) is 0 Å². The molecule has 0 spiro atoms. The summed E-state index contributed by atoms with van der Waals surface area (Å²) in [6.45, 7) is 2.95. The molecule has 0 radical (unpaired) electrons. The standard InChI is InChI=1S/C18H20FN3O2/c19-16-12-15(6-7-17(16)22-8-10-24-11-9-22)21-18(23)20-13-14-4-2-1-3-5-14/h1-7,12H,8-11,13H2,(H2,20,21,23). The van der Waals surface area contributed by atoms with E-state index < -0.39 is 0 Å². The first-order chi connectivity index (χ1) is 11.7. The molecular formula is C18H20FN3O2. The number of halogens is 1. The van der Waals surface area contributed by atoms with Crippen LogP contribution in [0, 0.1) is 5.82 Å². The lowest BCUT2D eigenvalue weighted by atomic mass is 10.2. The Kier molecular flexibility index (Phi) is 5.28. The molecule has 5 nitrogen and oxygen atoms in total. The zero-order valence-electron chi connectivity index (χ0n) is 13.3.